The number of nitrogens with one attached hydrogen (secondary N) is 1. The van der Waals surface area contributed by atoms with Crippen LogP contribution in [0.3, 0.4) is 0 Å². The number of likely N-dealkylation sites (tertiary alicyclic amines) is 1. The highest BCUT2D eigenvalue weighted by molar-refractivity contribution is 5.88. The van der Waals surface area contributed by atoms with Gasteiger partial charge in [-0.25, -0.2) is 4.39 Å². The number of benzene rings is 2. The Morgan fingerprint density at radius 1 is 1.09 bits per heavy atom. The summed E-state index contributed by atoms with van der Waals surface area (Å²) in [5, 5.41) is 12.5. The highest BCUT2D eigenvalue weighted by Crippen LogP contribution is 2.45. The van der Waals surface area contributed by atoms with Crippen molar-refractivity contribution >= 4 is 11.8 Å². The van der Waals surface area contributed by atoms with E-state index in [0.717, 1.165) is 36.0 Å². The first-order valence-corrected chi connectivity index (χ1v) is 11.9. The molecule has 1 heterocycles. The number of halogens is 1. The third kappa shape index (κ3) is 4.25. The molecule has 2 saturated carbocycles. The van der Waals surface area contributed by atoms with Crippen LogP contribution in [-0.4, -0.2) is 35.3 Å². The molecule has 1 aliphatic heterocycles. The monoisotopic (exact) mass is 445 g/mol. The number of hydrogen-bond acceptors (Lipinski definition) is 3. The van der Waals surface area contributed by atoms with E-state index < -0.39 is 5.41 Å². The molecule has 2 aromatic rings. The van der Waals surface area contributed by atoms with Crippen LogP contribution in [0.15, 0.2) is 48.5 Å². The van der Waals surface area contributed by atoms with Gasteiger partial charge in [-0.2, -0.15) is 5.26 Å². The molecule has 0 spiro atoms. The van der Waals surface area contributed by atoms with Gasteiger partial charge in [-0.1, -0.05) is 42.8 Å². The lowest BCUT2D eigenvalue weighted by Gasteiger charge is -2.34. The van der Waals surface area contributed by atoms with Crippen LogP contribution in [-0.2, 0) is 16.0 Å². The third-order valence-corrected chi connectivity index (χ3v) is 7.53. The lowest BCUT2D eigenvalue weighted by Crippen LogP contribution is -2.51. The molecule has 2 aromatic carbocycles. The molecule has 2 atom stereocenters. The van der Waals surface area contributed by atoms with Crippen molar-refractivity contribution in [2.75, 3.05) is 6.54 Å². The molecule has 5 rings (SSSR count). The average molecular weight is 446 g/mol. The molecule has 3 fully saturated rings. The Morgan fingerprint density at radius 2 is 1.82 bits per heavy atom. The minimum atomic E-state index is -0.882. The van der Waals surface area contributed by atoms with Crippen LogP contribution in [0.25, 0.3) is 11.1 Å². The van der Waals surface area contributed by atoms with Crippen LogP contribution in [0.2, 0.25) is 0 Å². The van der Waals surface area contributed by atoms with Gasteiger partial charge >= 0.3 is 0 Å². The van der Waals surface area contributed by atoms with Crippen molar-refractivity contribution in [1.82, 2.24) is 10.2 Å². The molecule has 5 nitrogen and oxygen atoms in total. The van der Waals surface area contributed by atoms with E-state index in [-0.39, 0.29) is 35.6 Å². The van der Waals surface area contributed by atoms with E-state index >= 15 is 0 Å². The molecule has 2 amide bonds. The largest absolute Gasteiger partial charge is 0.350 e. The van der Waals surface area contributed by atoms with Gasteiger partial charge in [-0.15, -0.1) is 0 Å². The molecule has 33 heavy (non-hydrogen) atoms. The van der Waals surface area contributed by atoms with Gasteiger partial charge in [0.25, 0.3) is 0 Å². The minimum Gasteiger partial charge on any atom is -0.350 e. The zero-order valence-corrected chi connectivity index (χ0v) is 18.6. The van der Waals surface area contributed by atoms with Gasteiger partial charge in [0.05, 0.1) is 18.2 Å². The summed E-state index contributed by atoms with van der Waals surface area (Å²) in [5.41, 5.74) is 1.88. The third-order valence-electron chi connectivity index (χ3n) is 7.53. The highest BCUT2D eigenvalue weighted by atomic mass is 19.1. The summed E-state index contributed by atoms with van der Waals surface area (Å²) in [6, 6.07) is 16.3. The number of carbonyl (C=O) groups is 2. The van der Waals surface area contributed by atoms with Crippen LogP contribution in [0.4, 0.5) is 4.39 Å². The molecule has 1 N–H and O–H groups in total. The summed E-state index contributed by atoms with van der Waals surface area (Å²) in [6.45, 7) is 0.619. The lowest BCUT2D eigenvalue weighted by atomic mass is 9.84. The Balaban J connectivity index is 1.39. The molecule has 6 heteroatoms. The normalized spacial score (nSPS) is 23.5. The highest BCUT2D eigenvalue weighted by Gasteiger charge is 2.52. The predicted octanol–water partition coefficient (Wildman–Crippen LogP) is 4.22. The Hall–Kier alpha value is -3.20. The molecule has 0 bridgehead atoms. The number of hydrogen-bond donors (Lipinski definition) is 1. The van der Waals surface area contributed by atoms with Gasteiger partial charge in [0.2, 0.25) is 11.8 Å². The fourth-order valence-electron chi connectivity index (χ4n) is 5.05. The number of carbonyl (C=O) groups excluding carboxylic acids is 2. The molecule has 3 aliphatic rings. The first-order valence-electron chi connectivity index (χ1n) is 11.9. The molecular formula is C27H28FN3O2. The topological polar surface area (TPSA) is 73.2 Å². The van der Waals surface area contributed by atoms with Crippen molar-refractivity contribution in [2.45, 2.75) is 57.0 Å². The SMILES string of the molecule is N#CC1(C(=O)N[C@@H]2CCN(C(=O)C3CCC3)[C@@H]2Cc2cccc(-c3cccc(F)c3)c2)CC1. The van der Waals surface area contributed by atoms with Gasteiger partial charge < -0.3 is 10.2 Å². The number of nitrogens with zero attached hydrogens (tertiary/aromatic N) is 2. The second kappa shape index (κ2) is 8.62. The minimum absolute atomic E-state index is 0.0921. The Morgan fingerprint density at radius 3 is 2.45 bits per heavy atom. The second-order valence-corrected chi connectivity index (χ2v) is 9.70. The number of amides is 2. The maximum Gasteiger partial charge on any atom is 0.240 e. The van der Waals surface area contributed by atoms with Gasteiger partial charge in [-0.3, -0.25) is 9.59 Å². The molecule has 0 aromatic heterocycles. The molecule has 1 saturated heterocycles. The Bertz CT molecular complexity index is 1120. The number of rotatable bonds is 6. The van der Waals surface area contributed by atoms with Crippen LogP contribution >= 0.6 is 0 Å². The van der Waals surface area contributed by atoms with Crippen molar-refractivity contribution in [3.63, 3.8) is 0 Å². The van der Waals surface area contributed by atoms with Crippen molar-refractivity contribution in [3.8, 4) is 17.2 Å². The average Bonchev–Trinajstić information content (AvgIpc) is 3.50. The second-order valence-electron chi connectivity index (χ2n) is 9.70. The first kappa shape index (κ1) is 21.6. The van der Waals surface area contributed by atoms with Gasteiger partial charge in [0.1, 0.15) is 11.2 Å². The summed E-state index contributed by atoms with van der Waals surface area (Å²) < 4.78 is 13.7. The lowest BCUT2D eigenvalue weighted by molar-refractivity contribution is -0.139. The first-order chi connectivity index (χ1) is 16.0. The summed E-state index contributed by atoms with van der Waals surface area (Å²) in [6.07, 6.45) is 5.47. The van der Waals surface area contributed by atoms with Crippen LogP contribution in [0, 0.1) is 28.5 Å². The fraction of sp³-hybridized carbons (Fsp3) is 0.444. The molecule has 170 valence electrons. The smallest absolute Gasteiger partial charge is 0.240 e. The summed E-state index contributed by atoms with van der Waals surface area (Å²) in [7, 11) is 0. The fourth-order valence-corrected chi connectivity index (χ4v) is 5.05. The standard InChI is InChI=1S/C27H28FN3O2/c28-22-9-3-8-21(16-22)20-7-1-4-18(14-20)15-24-23(30-26(33)27(17-29)11-12-27)10-13-31(24)25(32)19-5-2-6-19/h1,3-4,7-9,14,16,19,23-24H,2,5-6,10-13,15H2,(H,30,33)/t23-,24-/m1/s1. The van der Waals surface area contributed by atoms with Crippen molar-refractivity contribution < 1.29 is 14.0 Å². The quantitative estimate of drug-likeness (QED) is 0.723. The summed E-state index contributed by atoms with van der Waals surface area (Å²) in [4.78, 5) is 27.9. The van der Waals surface area contributed by atoms with Gasteiger partial charge in [0, 0.05) is 12.5 Å². The van der Waals surface area contributed by atoms with E-state index in [4.69, 9.17) is 0 Å². The van der Waals surface area contributed by atoms with Crippen molar-refractivity contribution in [3.05, 3.63) is 59.9 Å². The zero-order chi connectivity index (χ0) is 23.0. The molecule has 2 aliphatic carbocycles. The summed E-state index contributed by atoms with van der Waals surface area (Å²) in [5.74, 6) is -0.202. The van der Waals surface area contributed by atoms with E-state index in [9.17, 15) is 19.2 Å². The van der Waals surface area contributed by atoms with Crippen LogP contribution in [0.5, 0.6) is 0 Å². The predicted molar refractivity (Wildman–Crippen MR) is 122 cm³/mol. The van der Waals surface area contributed by atoms with Crippen molar-refractivity contribution in [1.29, 1.82) is 5.26 Å². The maximum atomic E-state index is 13.7. The van der Waals surface area contributed by atoms with E-state index in [1.54, 1.807) is 6.07 Å². The maximum absolute atomic E-state index is 13.7. The van der Waals surface area contributed by atoms with Gasteiger partial charge in [-0.05, 0) is 67.3 Å². The summed E-state index contributed by atoms with van der Waals surface area (Å²) >= 11 is 0. The molecule has 0 unspecified atom stereocenters. The van der Waals surface area contributed by atoms with E-state index in [1.165, 1.54) is 12.1 Å². The van der Waals surface area contributed by atoms with Crippen LogP contribution in [0.1, 0.15) is 44.1 Å². The molecular weight excluding hydrogens is 417 g/mol. The van der Waals surface area contributed by atoms with Crippen molar-refractivity contribution in [2.24, 2.45) is 11.3 Å². The molecule has 0 radical (unpaired) electrons. The van der Waals surface area contributed by atoms with Crippen LogP contribution < -0.4 is 5.32 Å². The Kier molecular flexibility index (Phi) is 5.65. The van der Waals surface area contributed by atoms with E-state index in [1.807, 2.05) is 35.2 Å². The number of nitriles is 1. The zero-order valence-electron chi connectivity index (χ0n) is 18.6. The van der Waals surface area contributed by atoms with Gasteiger partial charge in [0.15, 0.2) is 0 Å². The van der Waals surface area contributed by atoms with E-state index in [2.05, 4.69) is 11.4 Å². The Labute approximate surface area is 193 Å². The van der Waals surface area contributed by atoms with E-state index in [0.29, 0.717) is 32.2 Å².